The van der Waals surface area contributed by atoms with Gasteiger partial charge in [0.05, 0.1) is 6.04 Å². The first kappa shape index (κ1) is 12.7. The van der Waals surface area contributed by atoms with Crippen molar-refractivity contribution in [2.24, 2.45) is 5.73 Å². The fourth-order valence-corrected chi connectivity index (χ4v) is 2.13. The first-order chi connectivity index (χ1) is 8.70. The molecule has 0 saturated heterocycles. The van der Waals surface area contributed by atoms with Crippen LogP contribution in [0.15, 0.2) is 35.8 Å². The quantitative estimate of drug-likeness (QED) is 0.888. The van der Waals surface area contributed by atoms with Gasteiger partial charge in [-0.15, -0.1) is 11.3 Å². The normalized spacial score (nSPS) is 12.1. The molecule has 4 nitrogen and oxygen atoms in total. The van der Waals surface area contributed by atoms with Crippen molar-refractivity contribution in [1.82, 2.24) is 4.98 Å². The summed E-state index contributed by atoms with van der Waals surface area (Å²) >= 11 is 1.59. The summed E-state index contributed by atoms with van der Waals surface area (Å²) in [7, 11) is 0. The van der Waals surface area contributed by atoms with Gasteiger partial charge in [0, 0.05) is 22.8 Å². The van der Waals surface area contributed by atoms with Gasteiger partial charge in [0.15, 0.2) is 0 Å². The zero-order valence-corrected chi connectivity index (χ0v) is 10.9. The van der Waals surface area contributed by atoms with Gasteiger partial charge in [-0.05, 0) is 30.7 Å². The Bertz CT molecular complexity index is 508. The van der Waals surface area contributed by atoms with Gasteiger partial charge in [-0.2, -0.15) is 0 Å². The number of hydrogen-bond donors (Lipinski definition) is 2. The van der Waals surface area contributed by atoms with Crippen LogP contribution in [0.25, 0.3) is 10.6 Å². The summed E-state index contributed by atoms with van der Waals surface area (Å²) in [5.74, 6) is -0.153. The topological polar surface area (TPSA) is 68.0 Å². The molecule has 1 aromatic heterocycles. The van der Waals surface area contributed by atoms with E-state index >= 15 is 0 Å². The lowest BCUT2D eigenvalue weighted by Gasteiger charge is -2.10. The highest BCUT2D eigenvalue weighted by Gasteiger charge is 2.10. The first-order valence-electron chi connectivity index (χ1n) is 5.77. The molecule has 2 aromatic rings. The molecule has 1 aromatic carbocycles. The number of nitrogens with two attached hydrogens (primary N) is 1. The number of amides is 1. The molecule has 1 amide bonds. The standard InChI is InChI=1S/C13H15N3OS/c1-2-11(14)12(17)16-10-5-3-9(4-6-10)13-15-7-8-18-13/h3-8,11H,2,14H2,1H3,(H,16,17)/t11-/m1/s1. The minimum atomic E-state index is -0.455. The van der Waals surface area contributed by atoms with Crippen LogP contribution in [-0.2, 0) is 4.79 Å². The highest BCUT2D eigenvalue weighted by molar-refractivity contribution is 7.13. The third-order valence-corrected chi connectivity index (χ3v) is 3.43. The molecule has 0 bridgehead atoms. The summed E-state index contributed by atoms with van der Waals surface area (Å²) in [5, 5.41) is 5.69. The van der Waals surface area contributed by atoms with Crippen molar-refractivity contribution in [1.29, 1.82) is 0 Å². The van der Waals surface area contributed by atoms with E-state index in [1.54, 1.807) is 17.5 Å². The smallest absolute Gasteiger partial charge is 0.241 e. The van der Waals surface area contributed by atoms with Crippen molar-refractivity contribution in [3.63, 3.8) is 0 Å². The Hall–Kier alpha value is -1.72. The summed E-state index contributed by atoms with van der Waals surface area (Å²) < 4.78 is 0. The van der Waals surface area contributed by atoms with Crippen LogP contribution in [0.3, 0.4) is 0 Å². The SMILES string of the molecule is CC[C@@H](N)C(=O)Nc1ccc(-c2nccs2)cc1. The molecule has 18 heavy (non-hydrogen) atoms. The van der Waals surface area contributed by atoms with Gasteiger partial charge in [0.2, 0.25) is 5.91 Å². The largest absolute Gasteiger partial charge is 0.325 e. The minimum Gasteiger partial charge on any atom is -0.325 e. The van der Waals surface area contributed by atoms with E-state index < -0.39 is 6.04 Å². The maximum absolute atomic E-state index is 11.6. The number of carbonyl (C=O) groups is 1. The average Bonchev–Trinajstić information content (AvgIpc) is 2.92. The fourth-order valence-electron chi connectivity index (χ4n) is 1.48. The predicted octanol–water partition coefficient (Wildman–Crippen LogP) is 2.49. The number of benzene rings is 1. The van der Waals surface area contributed by atoms with Gasteiger partial charge in [-0.25, -0.2) is 4.98 Å². The van der Waals surface area contributed by atoms with Crippen LogP contribution in [0.4, 0.5) is 5.69 Å². The second-order valence-corrected chi connectivity index (χ2v) is 4.81. The van der Waals surface area contributed by atoms with Crippen molar-refractivity contribution in [2.75, 3.05) is 5.32 Å². The first-order valence-corrected chi connectivity index (χ1v) is 6.65. The summed E-state index contributed by atoms with van der Waals surface area (Å²) in [6.07, 6.45) is 2.40. The molecule has 0 unspecified atom stereocenters. The Morgan fingerprint density at radius 1 is 1.44 bits per heavy atom. The number of thiazole rings is 1. The van der Waals surface area contributed by atoms with E-state index in [4.69, 9.17) is 5.73 Å². The number of carbonyl (C=O) groups excluding carboxylic acids is 1. The zero-order valence-electron chi connectivity index (χ0n) is 10.1. The Morgan fingerprint density at radius 3 is 2.72 bits per heavy atom. The second-order valence-electron chi connectivity index (χ2n) is 3.92. The van der Waals surface area contributed by atoms with E-state index in [0.29, 0.717) is 6.42 Å². The van der Waals surface area contributed by atoms with Crippen LogP contribution >= 0.6 is 11.3 Å². The molecule has 3 N–H and O–H groups in total. The van der Waals surface area contributed by atoms with Crippen molar-refractivity contribution in [3.8, 4) is 10.6 Å². The zero-order chi connectivity index (χ0) is 13.0. The van der Waals surface area contributed by atoms with E-state index in [2.05, 4.69) is 10.3 Å². The van der Waals surface area contributed by atoms with E-state index in [-0.39, 0.29) is 5.91 Å². The van der Waals surface area contributed by atoms with Crippen molar-refractivity contribution in [2.45, 2.75) is 19.4 Å². The molecule has 5 heteroatoms. The van der Waals surface area contributed by atoms with E-state index in [1.807, 2.05) is 36.6 Å². The maximum atomic E-state index is 11.6. The minimum absolute atomic E-state index is 0.153. The number of hydrogen-bond acceptors (Lipinski definition) is 4. The van der Waals surface area contributed by atoms with Gasteiger partial charge in [-0.1, -0.05) is 6.92 Å². The van der Waals surface area contributed by atoms with Crippen LogP contribution < -0.4 is 11.1 Å². The van der Waals surface area contributed by atoms with Crippen LogP contribution in [0.1, 0.15) is 13.3 Å². The summed E-state index contributed by atoms with van der Waals surface area (Å²) in [6.45, 7) is 1.88. The molecule has 0 fully saturated rings. The third-order valence-electron chi connectivity index (χ3n) is 2.61. The molecular formula is C13H15N3OS. The van der Waals surface area contributed by atoms with Crippen LogP contribution in [0.5, 0.6) is 0 Å². The number of aromatic nitrogens is 1. The second kappa shape index (κ2) is 5.75. The molecular weight excluding hydrogens is 246 g/mol. The number of nitrogens with one attached hydrogen (secondary N) is 1. The van der Waals surface area contributed by atoms with E-state index in [0.717, 1.165) is 16.3 Å². The molecule has 0 aliphatic heterocycles. The molecule has 0 radical (unpaired) electrons. The Kier molecular flexibility index (Phi) is 4.07. The molecule has 0 saturated carbocycles. The van der Waals surface area contributed by atoms with E-state index in [1.165, 1.54) is 0 Å². The molecule has 0 spiro atoms. The van der Waals surface area contributed by atoms with Gasteiger partial charge in [0.25, 0.3) is 0 Å². The summed E-state index contributed by atoms with van der Waals surface area (Å²) in [6, 6.07) is 7.13. The highest BCUT2D eigenvalue weighted by atomic mass is 32.1. The fraction of sp³-hybridized carbons (Fsp3) is 0.231. The number of anilines is 1. The monoisotopic (exact) mass is 261 g/mol. The van der Waals surface area contributed by atoms with Gasteiger partial charge in [0.1, 0.15) is 5.01 Å². The average molecular weight is 261 g/mol. The van der Waals surface area contributed by atoms with Crippen molar-refractivity contribution < 1.29 is 4.79 Å². The third kappa shape index (κ3) is 2.94. The van der Waals surface area contributed by atoms with Crippen molar-refractivity contribution >= 4 is 22.9 Å². The molecule has 0 aliphatic carbocycles. The van der Waals surface area contributed by atoms with Crippen LogP contribution in [0.2, 0.25) is 0 Å². The van der Waals surface area contributed by atoms with Crippen LogP contribution in [-0.4, -0.2) is 16.9 Å². The molecule has 94 valence electrons. The molecule has 2 rings (SSSR count). The molecule has 1 heterocycles. The predicted molar refractivity (Wildman–Crippen MR) is 74.4 cm³/mol. The molecule has 1 atom stereocenters. The highest BCUT2D eigenvalue weighted by Crippen LogP contribution is 2.23. The number of nitrogens with zero attached hydrogens (tertiary/aromatic N) is 1. The summed E-state index contributed by atoms with van der Waals surface area (Å²) in [5.41, 5.74) is 7.45. The van der Waals surface area contributed by atoms with Crippen LogP contribution in [0, 0.1) is 0 Å². The lowest BCUT2D eigenvalue weighted by molar-refractivity contribution is -0.117. The lowest BCUT2D eigenvalue weighted by Crippen LogP contribution is -2.34. The van der Waals surface area contributed by atoms with Crippen molar-refractivity contribution in [3.05, 3.63) is 35.8 Å². The van der Waals surface area contributed by atoms with Gasteiger partial charge >= 0.3 is 0 Å². The Balaban J connectivity index is 2.06. The summed E-state index contributed by atoms with van der Waals surface area (Å²) in [4.78, 5) is 15.8. The van der Waals surface area contributed by atoms with Gasteiger partial charge < -0.3 is 11.1 Å². The maximum Gasteiger partial charge on any atom is 0.241 e. The van der Waals surface area contributed by atoms with E-state index in [9.17, 15) is 4.79 Å². The Morgan fingerprint density at radius 2 is 2.17 bits per heavy atom. The lowest BCUT2D eigenvalue weighted by atomic mass is 10.2. The Labute approximate surface area is 110 Å². The number of rotatable bonds is 4. The van der Waals surface area contributed by atoms with Gasteiger partial charge in [-0.3, -0.25) is 4.79 Å². The molecule has 0 aliphatic rings.